The number of nitrogens with one attached hydrogen (secondary N) is 1. The van der Waals surface area contributed by atoms with Crippen molar-refractivity contribution in [2.45, 2.75) is 129 Å². The van der Waals surface area contributed by atoms with Gasteiger partial charge in [0.1, 0.15) is 6.04 Å². The van der Waals surface area contributed by atoms with Crippen molar-refractivity contribution < 1.29 is 24.6 Å². The Hall–Kier alpha value is -1.59. The van der Waals surface area contributed by atoms with Gasteiger partial charge in [-0.2, -0.15) is 0 Å². The number of carbonyl (C=O) groups is 3. The van der Waals surface area contributed by atoms with E-state index in [0.29, 0.717) is 6.42 Å². The predicted molar refractivity (Wildman–Crippen MR) is 116 cm³/mol. The van der Waals surface area contributed by atoms with Crippen molar-refractivity contribution in [1.29, 1.82) is 0 Å². The van der Waals surface area contributed by atoms with Crippen molar-refractivity contribution in [3.8, 4) is 0 Å². The molecule has 0 saturated carbocycles. The molecule has 0 spiro atoms. The molecule has 0 aromatic rings. The minimum Gasteiger partial charge on any atom is -0.481 e. The number of carboxylic acids is 2. The summed E-state index contributed by atoms with van der Waals surface area (Å²) in [6.07, 6.45) is 18.8. The molecule has 0 fully saturated rings. The van der Waals surface area contributed by atoms with Crippen molar-refractivity contribution >= 4 is 17.8 Å². The lowest BCUT2D eigenvalue weighted by Crippen LogP contribution is -2.41. The number of aliphatic carboxylic acids is 2. The van der Waals surface area contributed by atoms with Gasteiger partial charge in [-0.25, -0.2) is 4.79 Å². The van der Waals surface area contributed by atoms with E-state index in [1.54, 1.807) is 0 Å². The number of unbranched alkanes of at least 4 members (excludes halogenated alkanes) is 14. The van der Waals surface area contributed by atoms with Crippen LogP contribution in [0.4, 0.5) is 0 Å². The van der Waals surface area contributed by atoms with Gasteiger partial charge < -0.3 is 15.5 Å². The Kier molecular flexibility index (Phi) is 18.6. The van der Waals surface area contributed by atoms with Crippen LogP contribution in [0, 0.1) is 0 Å². The number of amides is 1. The van der Waals surface area contributed by atoms with E-state index in [2.05, 4.69) is 12.2 Å². The second-order valence-corrected chi connectivity index (χ2v) is 8.09. The summed E-state index contributed by atoms with van der Waals surface area (Å²) in [5.74, 6) is -2.55. The number of carboxylic acid groups (broad SMARTS) is 2. The quantitative estimate of drug-likeness (QED) is 0.210. The lowest BCUT2D eigenvalue weighted by atomic mass is 10.0. The van der Waals surface area contributed by atoms with Gasteiger partial charge in [-0.05, 0) is 12.8 Å². The fourth-order valence-corrected chi connectivity index (χ4v) is 3.45. The largest absolute Gasteiger partial charge is 0.481 e. The zero-order chi connectivity index (χ0) is 21.7. The molecule has 0 aliphatic heterocycles. The molecule has 0 aliphatic carbocycles. The van der Waals surface area contributed by atoms with Gasteiger partial charge in [0, 0.05) is 12.8 Å². The van der Waals surface area contributed by atoms with Gasteiger partial charge in [-0.15, -0.1) is 0 Å². The van der Waals surface area contributed by atoms with E-state index in [0.717, 1.165) is 19.3 Å². The van der Waals surface area contributed by atoms with Crippen LogP contribution < -0.4 is 5.32 Å². The Morgan fingerprint density at radius 3 is 1.45 bits per heavy atom. The first kappa shape index (κ1) is 27.4. The maximum absolute atomic E-state index is 11.8. The normalized spacial score (nSPS) is 11.9. The third kappa shape index (κ3) is 19.5. The second-order valence-electron chi connectivity index (χ2n) is 8.09. The maximum Gasteiger partial charge on any atom is 0.326 e. The molecule has 29 heavy (non-hydrogen) atoms. The van der Waals surface area contributed by atoms with E-state index in [9.17, 15) is 14.4 Å². The smallest absolute Gasteiger partial charge is 0.326 e. The van der Waals surface area contributed by atoms with E-state index in [4.69, 9.17) is 10.2 Å². The van der Waals surface area contributed by atoms with Gasteiger partial charge in [-0.1, -0.05) is 96.8 Å². The SMILES string of the molecule is CCCCCCCCCCCCCCCCCC(=O)NC(CCC(=O)O)C(=O)O. The number of hydrogen-bond acceptors (Lipinski definition) is 3. The molecule has 0 aromatic carbocycles. The maximum atomic E-state index is 11.8. The average molecular weight is 414 g/mol. The van der Waals surface area contributed by atoms with Crippen molar-refractivity contribution in [2.24, 2.45) is 0 Å². The molecule has 0 aliphatic rings. The standard InChI is InChI=1S/C23H43NO5/c1-2-3-4-5-6-7-8-9-10-11-12-13-14-15-16-17-21(25)24-20(23(28)29)18-19-22(26)27/h20H,2-19H2,1H3,(H,24,25)(H,26,27)(H,28,29). The summed E-state index contributed by atoms with van der Waals surface area (Å²) in [6, 6.07) is -1.12. The average Bonchev–Trinajstić information content (AvgIpc) is 2.67. The van der Waals surface area contributed by atoms with E-state index in [1.165, 1.54) is 77.0 Å². The molecule has 1 unspecified atom stereocenters. The summed E-state index contributed by atoms with van der Waals surface area (Å²) in [4.78, 5) is 33.4. The number of rotatable bonds is 21. The highest BCUT2D eigenvalue weighted by Crippen LogP contribution is 2.13. The Morgan fingerprint density at radius 1 is 0.655 bits per heavy atom. The van der Waals surface area contributed by atoms with Gasteiger partial charge in [0.15, 0.2) is 0 Å². The van der Waals surface area contributed by atoms with E-state index in [1.807, 2.05) is 0 Å². The van der Waals surface area contributed by atoms with Crippen LogP contribution in [-0.2, 0) is 14.4 Å². The molecule has 0 rings (SSSR count). The van der Waals surface area contributed by atoms with Crippen LogP contribution >= 0.6 is 0 Å². The van der Waals surface area contributed by atoms with Crippen LogP contribution in [0.25, 0.3) is 0 Å². The molecular weight excluding hydrogens is 370 g/mol. The third-order valence-electron chi connectivity index (χ3n) is 5.29. The minimum absolute atomic E-state index is 0.0880. The monoisotopic (exact) mass is 413 g/mol. The van der Waals surface area contributed by atoms with Crippen LogP contribution in [0.1, 0.15) is 122 Å². The van der Waals surface area contributed by atoms with Crippen molar-refractivity contribution in [3.63, 3.8) is 0 Å². The van der Waals surface area contributed by atoms with Gasteiger partial charge in [0.25, 0.3) is 0 Å². The van der Waals surface area contributed by atoms with Crippen LogP contribution in [0.5, 0.6) is 0 Å². The Balaban J connectivity index is 3.45. The molecule has 0 bridgehead atoms. The Morgan fingerprint density at radius 2 is 1.07 bits per heavy atom. The molecule has 170 valence electrons. The summed E-state index contributed by atoms with van der Waals surface area (Å²) in [6.45, 7) is 2.25. The summed E-state index contributed by atoms with van der Waals surface area (Å²) in [5, 5.41) is 20.1. The summed E-state index contributed by atoms with van der Waals surface area (Å²) in [5.41, 5.74) is 0. The molecule has 3 N–H and O–H groups in total. The lowest BCUT2D eigenvalue weighted by molar-refractivity contribution is -0.143. The highest BCUT2D eigenvalue weighted by molar-refractivity contribution is 5.83. The molecule has 1 atom stereocenters. The van der Waals surface area contributed by atoms with Crippen molar-refractivity contribution in [2.75, 3.05) is 0 Å². The Bertz CT molecular complexity index is 439. The first-order chi connectivity index (χ1) is 14.0. The van der Waals surface area contributed by atoms with E-state index in [-0.39, 0.29) is 18.7 Å². The topological polar surface area (TPSA) is 104 Å². The zero-order valence-corrected chi connectivity index (χ0v) is 18.4. The van der Waals surface area contributed by atoms with Gasteiger partial charge in [-0.3, -0.25) is 9.59 Å². The molecule has 0 radical (unpaired) electrons. The first-order valence-corrected chi connectivity index (χ1v) is 11.7. The fourth-order valence-electron chi connectivity index (χ4n) is 3.45. The van der Waals surface area contributed by atoms with Crippen LogP contribution in [0.3, 0.4) is 0 Å². The van der Waals surface area contributed by atoms with Crippen molar-refractivity contribution in [3.05, 3.63) is 0 Å². The Labute approximate surface area is 176 Å². The molecule has 6 nitrogen and oxygen atoms in total. The fraction of sp³-hybridized carbons (Fsp3) is 0.870. The van der Waals surface area contributed by atoms with Crippen LogP contribution in [0.15, 0.2) is 0 Å². The minimum atomic E-state index is -1.18. The number of hydrogen-bond donors (Lipinski definition) is 3. The van der Waals surface area contributed by atoms with Gasteiger partial charge in [0.05, 0.1) is 0 Å². The van der Waals surface area contributed by atoms with Crippen LogP contribution in [0.2, 0.25) is 0 Å². The molecule has 0 aromatic heterocycles. The number of carbonyl (C=O) groups excluding carboxylic acids is 1. The molecule has 6 heteroatoms. The van der Waals surface area contributed by atoms with Gasteiger partial charge in [0.2, 0.25) is 5.91 Å². The molecular formula is C23H43NO5. The van der Waals surface area contributed by atoms with Crippen molar-refractivity contribution in [1.82, 2.24) is 5.32 Å². The summed E-state index contributed by atoms with van der Waals surface area (Å²) < 4.78 is 0. The second kappa shape index (κ2) is 19.7. The van der Waals surface area contributed by atoms with E-state index < -0.39 is 18.0 Å². The highest BCUT2D eigenvalue weighted by Gasteiger charge is 2.20. The summed E-state index contributed by atoms with van der Waals surface area (Å²) in [7, 11) is 0. The summed E-state index contributed by atoms with van der Waals surface area (Å²) >= 11 is 0. The zero-order valence-electron chi connectivity index (χ0n) is 18.4. The highest BCUT2D eigenvalue weighted by atomic mass is 16.4. The molecule has 0 saturated heterocycles. The first-order valence-electron chi connectivity index (χ1n) is 11.7. The molecule has 1 amide bonds. The van der Waals surface area contributed by atoms with Gasteiger partial charge >= 0.3 is 11.9 Å². The molecule has 0 heterocycles. The predicted octanol–water partition coefficient (Wildman–Crippen LogP) is 5.68. The third-order valence-corrected chi connectivity index (χ3v) is 5.29. The van der Waals surface area contributed by atoms with Crippen LogP contribution in [-0.4, -0.2) is 34.1 Å². The van der Waals surface area contributed by atoms with E-state index >= 15 is 0 Å². The lowest BCUT2D eigenvalue weighted by Gasteiger charge is -2.13.